The number of aromatic nitrogens is 2. The maximum atomic E-state index is 5.89. The smallest absolute Gasteiger partial charge is 0.227 e. The van der Waals surface area contributed by atoms with Gasteiger partial charge in [-0.25, -0.2) is 4.98 Å². The molecule has 88 valence electrons. The lowest BCUT2D eigenvalue weighted by Gasteiger charge is -2.27. The van der Waals surface area contributed by atoms with E-state index in [1.807, 2.05) is 6.92 Å². The Morgan fingerprint density at radius 3 is 2.62 bits per heavy atom. The van der Waals surface area contributed by atoms with Crippen molar-refractivity contribution < 1.29 is 4.74 Å². The summed E-state index contributed by atoms with van der Waals surface area (Å²) in [5.74, 6) is 1.33. The molecule has 1 aliphatic heterocycles. The van der Waals surface area contributed by atoms with Crippen LogP contribution in [0.2, 0.25) is 0 Å². The Morgan fingerprint density at radius 2 is 2.00 bits per heavy atom. The van der Waals surface area contributed by atoms with Gasteiger partial charge in [0.1, 0.15) is 5.82 Å². The Morgan fingerprint density at radius 1 is 1.31 bits per heavy atom. The van der Waals surface area contributed by atoms with Gasteiger partial charge < -0.3 is 15.4 Å². The highest BCUT2D eigenvalue weighted by atomic mass is 16.5. The van der Waals surface area contributed by atoms with Gasteiger partial charge in [0, 0.05) is 18.7 Å². The Kier molecular flexibility index (Phi) is 3.24. The second kappa shape index (κ2) is 4.65. The van der Waals surface area contributed by atoms with E-state index >= 15 is 0 Å². The Hall–Kier alpha value is -1.36. The SMILES string of the molecule is CCc1nc(N2CCOCC2)nc(N)c1C. The van der Waals surface area contributed by atoms with Crippen molar-refractivity contribution in [3.8, 4) is 0 Å². The van der Waals surface area contributed by atoms with Crippen molar-refractivity contribution >= 4 is 11.8 Å². The van der Waals surface area contributed by atoms with Crippen LogP contribution in [0.3, 0.4) is 0 Å². The molecule has 0 unspecified atom stereocenters. The number of nitrogens with zero attached hydrogens (tertiary/aromatic N) is 3. The van der Waals surface area contributed by atoms with Gasteiger partial charge in [-0.05, 0) is 13.3 Å². The molecular formula is C11H18N4O. The predicted octanol–water partition coefficient (Wildman–Crippen LogP) is 0.766. The molecule has 2 N–H and O–H groups in total. The van der Waals surface area contributed by atoms with E-state index < -0.39 is 0 Å². The summed E-state index contributed by atoms with van der Waals surface area (Å²) in [5, 5.41) is 0. The number of morpholine rings is 1. The molecule has 0 radical (unpaired) electrons. The minimum atomic E-state index is 0.591. The van der Waals surface area contributed by atoms with Gasteiger partial charge >= 0.3 is 0 Å². The minimum Gasteiger partial charge on any atom is -0.383 e. The number of nitrogen functional groups attached to an aromatic ring is 1. The van der Waals surface area contributed by atoms with E-state index in [2.05, 4.69) is 21.8 Å². The number of anilines is 2. The van der Waals surface area contributed by atoms with Crippen LogP contribution in [0, 0.1) is 6.92 Å². The third-order valence-corrected chi connectivity index (χ3v) is 2.90. The topological polar surface area (TPSA) is 64.3 Å². The zero-order chi connectivity index (χ0) is 11.5. The Balaban J connectivity index is 2.29. The number of ether oxygens (including phenoxy) is 1. The summed E-state index contributed by atoms with van der Waals surface area (Å²) in [6, 6.07) is 0. The first kappa shape index (κ1) is 11.1. The molecule has 0 spiro atoms. The summed E-state index contributed by atoms with van der Waals surface area (Å²) in [6.07, 6.45) is 0.885. The van der Waals surface area contributed by atoms with Gasteiger partial charge in [0.15, 0.2) is 0 Å². The third kappa shape index (κ3) is 2.09. The van der Waals surface area contributed by atoms with E-state index in [0.717, 1.165) is 49.9 Å². The zero-order valence-corrected chi connectivity index (χ0v) is 9.86. The largest absolute Gasteiger partial charge is 0.383 e. The molecule has 5 heteroatoms. The third-order valence-electron chi connectivity index (χ3n) is 2.90. The number of aryl methyl sites for hydroxylation is 1. The molecule has 0 atom stereocenters. The van der Waals surface area contributed by atoms with Crippen molar-refractivity contribution in [1.82, 2.24) is 9.97 Å². The second-order valence-electron chi connectivity index (χ2n) is 3.93. The average molecular weight is 222 g/mol. The van der Waals surface area contributed by atoms with E-state index in [-0.39, 0.29) is 0 Å². The molecular weight excluding hydrogens is 204 g/mol. The molecule has 0 amide bonds. The lowest BCUT2D eigenvalue weighted by molar-refractivity contribution is 0.122. The van der Waals surface area contributed by atoms with Crippen LogP contribution in [-0.2, 0) is 11.2 Å². The summed E-state index contributed by atoms with van der Waals surface area (Å²) in [7, 11) is 0. The number of rotatable bonds is 2. The van der Waals surface area contributed by atoms with Crippen LogP contribution < -0.4 is 10.6 Å². The van der Waals surface area contributed by atoms with E-state index in [4.69, 9.17) is 10.5 Å². The van der Waals surface area contributed by atoms with Crippen molar-refractivity contribution in [2.75, 3.05) is 36.9 Å². The van der Waals surface area contributed by atoms with Gasteiger partial charge in [0.2, 0.25) is 5.95 Å². The Bertz CT molecular complexity index is 374. The maximum Gasteiger partial charge on any atom is 0.227 e. The highest BCUT2D eigenvalue weighted by molar-refractivity contribution is 5.47. The number of nitrogens with two attached hydrogens (primary N) is 1. The standard InChI is InChI=1S/C11H18N4O/c1-3-9-8(2)10(12)14-11(13-9)15-4-6-16-7-5-15/h3-7H2,1-2H3,(H2,12,13,14). The first-order valence-corrected chi connectivity index (χ1v) is 5.68. The monoisotopic (exact) mass is 222 g/mol. The molecule has 1 fully saturated rings. The summed E-state index contributed by atoms with van der Waals surface area (Å²) in [4.78, 5) is 11.0. The van der Waals surface area contributed by atoms with Crippen LogP contribution in [-0.4, -0.2) is 36.3 Å². The van der Waals surface area contributed by atoms with Crippen LogP contribution in [0.5, 0.6) is 0 Å². The fourth-order valence-electron chi connectivity index (χ4n) is 1.82. The fourth-order valence-corrected chi connectivity index (χ4v) is 1.82. The molecule has 0 aliphatic carbocycles. The first-order valence-electron chi connectivity index (χ1n) is 5.68. The number of hydrogen-bond donors (Lipinski definition) is 1. The van der Waals surface area contributed by atoms with Crippen LogP contribution in [0.15, 0.2) is 0 Å². The molecule has 16 heavy (non-hydrogen) atoms. The molecule has 1 aliphatic rings. The molecule has 0 aromatic carbocycles. The van der Waals surface area contributed by atoms with Crippen molar-refractivity contribution in [3.05, 3.63) is 11.3 Å². The van der Waals surface area contributed by atoms with Gasteiger partial charge in [-0.15, -0.1) is 0 Å². The van der Waals surface area contributed by atoms with Crippen LogP contribution in [0.1, 0.15) is 18.2 Å². The second-order valence-corrected chi connectivity index (χ2v) is 3.93. The maximum absolute atomic E-state index is 5.89. The molecule has 0 saturated carbocycles. The van der Waals surface area contributed by atoms with E-state index in [0.29, 0.717) is 5.82 Å². The summed E-state index contributed by atoms with van der Waals surface area (Å²) < 4.78 is 5.30. The van der Waals surface area contributed by atoms with Gasteiger partial charge in [0.25, 0.3) is 0 Å². The van der Waals surface area contributed by atoms with E-state index in [9.17, 15) is 0 Å². The normalized spacial score (nSPS) is 16.5. The van der Waals surface area contributed by atoms with Crippen molar-refractivity contribution in [1.29, 1.82) is 0 Å². The van der Waals surface area contributed by atoms with Crippen LogP contribution in [0.25, 0.3) is 0 Å². The molecule has 1 saturated heterocycles. The van der Waals surface area contributed by atoms with Gasteiger partial charge in [-0.2, -0.15) is 4.98 Å². The van der Waals surface area contributed by atoms with E-state index in [1.165, 1.54) is 0 Å². The summed E-state index contributed by atoms with van der Waals surface area (Å²) in [5.41, 5.74) is 7.93. The van der Waals surface area contributed by atoms with Crippen LogP contribution >= 0.6 is 0 Å². The van der Waals surface area contributed by atoms with Crippen molar-refractivity contribution in [3.63, 3.8) is 0 Å². The molecule has 2 heterocycles. The van der Waals surface area contributed by atoms with Gasteiger partial charge in [0.05, 0.1) is 18.9 Å². The highest BCUT2D eigenvalue weighted by Gasteiger charge is 2.16. The predicted molar refractivity (Wildman–Crippen MR) is 63.6 cm³/mol. The van der Waals surface area contributed by atoms with Gasteiger partial charge in [-0.3, -0.25) is 0 Å². The first-order chi connectivity index (χ1) is 7.72. The molecule has 5 nitrogen and oxygen atoms in total. The summed E-state index contributed by atoms with van der Waals surface area (Å²) in [6.45, 7) is 7.20. The van der Waals surface area contributed by atoms with Crippen molar-refractivity contribution in [2.24, 2.45) is 0 Å². The molecule has 0 bridgehead atoms. The summed E-state index contributed by atoms with van der Waals surface area (Å²) >= 11 is 0. The quantitative estimate of drug-likeness (QED) is 0.800. The number of hydrogen-bond acceptors (Lipinski definition) is 5. The van der Waals surface area contributed by atoms with Crippen LogP contribution in [0.4, 0.5) is 11.8 Å². The Labute approximate surface area is 95.6 Å². The lowest BCUT2D eigenvalue weighted by Crippen LogP contribution is -2.37. The molecule has 1 aromatic heterocycles. The average Bonchev–Trinajstić information content (AvgIpc) is 2.33. The molecule has 2 rings (SSSR count). The zero-order valence-electron chi connectivity index (χ0n) is 9.86. The highest BCUT2D eigenvalue weighted by Crippen LogP contribution is 2.18. The van der Waals surface area contributed by atoms with Gasteiger partial charge in [-0.1, -0.05) is 6.92 Å². The van der Waals surface area contributed by atoms with Crippen molar-refractivity contribution in [2.45, 2.75) is 20.3 Å². The minimum absolute atomic E-state index is 0.591. The fraction of sp³-hybridized carbons (Fsp3) is 0.636. The van der Waals surface area contributed by atoms with E-state index in [1.54, 1.807) is 0 Å². The molecule has 1 aromatic rings. The lowest BCUT2D eigenvalue weighted by atomic mass is 10.2.